The van der Waals surface area contributed by atoms with Crippen molar-refractivity contribution in [3.8, 4) is 0 Å². The Kier molecular flexibility index (Phi) is 3.06. The average molecular weight is 215 g/mol. The summed E-state index contributed by atoms with van der Waals surface area (Å²) in [6.45, 7) is 4.78. The molecule has 1 heterocycles. The molecule has 2 aromatic rings. The first kappa shape index (κ1) is 10.9. The Morgan fingerprint density at radius 2 is 2.19 bits per heavy atom. The van der Waals surface area contributed by atoms with E-state index in [0.717, 1.165) is 0 Å². The van der Waals surface area contributed by atoms with E-state index in [2.05, 4.69) is 37.1 Å². The van der Waals surface area contributed by atoms with Gasteiger partial charge in [0.25, 0.3) is 0 Å². The van der Waals surface area contributed by atoms with Gasteiger partial charge in [0, 0.05) is 18.9 Å². The summed E-state index contributed by atoms with van der Waals surface area (Å²) >= 11 is 0. The first-order chi connectivity index (χ1) is 7.72. The van der Waals surface area contributed by atoms with E-state index in [0.29, 0.717) is 6.54 Å². The molecule has 0 amide bonds. The van der Waals surface area contributed by atoms with Crippen molar-refractivity contribution >= 4 is 0 Å². The highest BCUT2D eigenvalue weighted by atomic mass is 15.3. The van der Waals surface area contributed by atoms with Crippen molar-refractivity contribution in [1.29, 1.82) is 0 Å². The van der Waals surface area contributed by atoms with E-state index in [-0.39, 0.29) is 6.04 Å². The average Bonchev–Trinajstić information content (AvgIpc) is 2.75. The standard InChI is InChI=1S/C13H17N3/c1-10-4-5-12(11(2)8-10)13(9-14)16-7-3-6-15-16/h3-8,13H,9,14H2,1-2H3. The molecular weight excluding hydrogens is 198 g/mol. The first-order valence-electron chi connectivity index (χ1n) is 5.48. The maximum atomic E-state index is 5.84. The molecule has 0 spiro atoms. The minimum atomic E-state index is 0.135. The van der Waals surface area contributed by atoms with Crippen LogP contribution in [0.25, 0.3) is 0 Å². The molecule has 0 aliphatic heterocycles. The van der Waals surface area contributed by atoms with Gasteiger partial charge >= 0.3 is 0 Å². The summed E-state index contributed by atoms with van der Waals surface area (Å²) in [5, 5.41) is 4.26. The number of rotatable bonds is 3. The van der Waals surface area contributed by atoms with E-state index in [1.807, 2.05) is 16.9 Å². The van der Waals surface area contributed by atoms with E-state index in [1.165, 1.54) is 16.7 Å². The second kappa shape index (κ2) is 4.49. The van der Waals surface area contributed by atoms with Gasteiger partial charge in [0.2, 0.25) is 0 Å². The van der Waals surface area contributed by atoms with Crippen LogP contribution in [0.3, 0.4) is 0 Å². The Hall–Kier alpha value is -1.61. The molecule has 84 valence electrons. The van der Waals surface area contributed by atoms with Gasteiger partial charge in [0.05, 0.1) is 6.04 Å². The van der Waals surface area contributed by atoms with Gasteiger partial charge in [0.15, 0.2) is 0 Å². The molecule has 0 fully saturated rings. The molecule has 0 aliphatic rings. The van der Waals surface area contributed by atoms with Gasteiger partial charge in [0.1, 0.15) is 0 Å². The number of aromatic nitrogens is 2. The number of hydrogen-bond acceptors (Lipinski definition) is 2. The predicted octanol–water partition coefficient (Wildman–Crippen LogP) is 2.05. The summed E-state index contributed by atoms with van der Waals surface area (Å²) in [4.78, 5) is 0. The van der Waals surface area contributed by atoms with Gasteiger partial charge in [-0.3, -0.25) is 4.68 Å². The first-order valence-corrected chi connectivity index (χ1v) is 5.48. The van der Waals surface area contributed by atoms with Crippen LogP contribution in [0.2, 0.25) is 0 Å². The third kappa shape index (κ3) is 1.99. The van der Waals surface area contributed by atoms with Crippen molar-refractivity contribution in [3.63, 3.8) is 0 Å². The van der Waals surface area contributed by atoms with Gasteiger partial charge in [-0.2, -0.15) is 5.10 Å². The fourth-order valence-corrected chi connectivity index (χ4v) is 2.04. The molecule has 0 saturated heterocycles. The Labute approximate surface area is 95.9 Å². The second-order valence-corrected chi connectivity index (χ2v) is 4.10. The van der Waals surface area contributed by atoms with Crippen LogP contribution in [-0.4, -0.2) is 16.3 Å². The van der Waals surface area contributed by atoms with Crippen molar-refractivity contribution < 1.29 is 0 Å². The van der Waals surface area contributed by atoms with Crippen LogP contribution in [0.1, 0.15) is 22.7 Å². The van der Waals surface area contributed by atoms with Crippen molar-refractivity contribution in [2.75, 3.05) is 6.54 Å². The molecule has 1 aromatic carbocycles. The van der Waals surface area contributed by atoms with Crippen LogP contribution in [0.4, 0.5) is 0 Å². The van der Waals surface area contributed by atoms with E-state index in [9.17, 15) is 0 Å². The minimum Gasteiger partial charge on any atom is -0.328 e. The van der Waals surface area contributed by atoms with Gasteiger partial charge in [-0.05, 0) is 31.0 Å². The highest BCUT2D eigenvalue weighted by molar-refractivity contribution is 5.33. The molecule has 3 nitrogen and oxygen atoms in total. The van der Waals surface area contributed by atoms with Crippen molar-refractivity contribution in [1.82, 2.24) is 9.78 Å². The normalized spacial score (nSPS) is 12.7. The summed E-state index contributed by atoms with van der Waals surface area (Å²) in [6, 6.07) is 8.50. The van der Waals surface area contributed by atoms with Gasteiger partial charge in [-0.1, -0.05) is 23.8 Å². The molecule has 2 N–H and O–H groups in total. The maximum absolute atomic E-state index is 5.84. The minimum absolute atomic E-state index is 0.135. The summed E-state index contributed by atoms with van der Waals surface area (Å²) in [6.07, 6.45) is 3.74. The van der Waals surface area contributed by atoms with E-state index < -0.39 is 0 Å². The van der Waals surface area contributed by atoms with Crippen LogP contribution >= 0.6 is 0 Å². The lowest BCUT2D eigenvalue weighted by Gasteiger charge is -2.18. The number of aryl methyl sites for hydroxylation is 2. The number of nitrogens with two attached hydrogens (primary N) is 1. The Bertz CT molecular complexity index is 460. The molecule has 16 heavy (non-hydrogen) atoms. The van der Waals surface area contributed by atoms with Crippen LogP contribution in [-0.2, 0) is 0 Å². The van der Waals surface area contributed by atoms with Crippen LogP contribution in [0.15, 0.2) is 36.7 Å². The number of benzene rings is 1. The topological polar surface area (TPSA) is 43.8 Å². The Morgan fingerprint density at radius 1 is 1.38 bits per heavy atom. The fraction of sp³-hybridized carbons (Fsp3) is 0.308. The lowest BCUT2D eigenvalue weighted by Crippen LogP contribution is -2.21. The van der Waals surface area contributed by atoms with Crippen LogP contribution in [0.5, 0.6) is 0 Å². The molecular formula is C13H17N3. The largest absolute Gasteiger partial charge is 0.328 e. The van der Waals surface area contributed by atoms with Crippen molar-refractivity contribution in [2.45, 2.75) is 19.9 Å². The zero-order chi connectivity index (χ0) is 11.5. The van der Waals surface area contributed by atoms with E-state index >= 15 is 0 Å². The summed E-state index contributed by atoms with van der Waals surface area (Å²) in [5.41, 5.74) is 9.63. The predicted molar refractivity (Wildman–Crippen MR) is 65.3 cm³/mol. The SMILES string of the molecule is Cc1ccc(C(CN)n2cccn2)c(C)c1. The smallest absolute Gasteiger partial charge is 0.0893 e. The van der Waals surface area contributed by atoms with Gasteiger partial charge < -0.3 is 5.73 Å². The molecule has 2 rings (SSSR count). The number of hydrogen-bond donors (Lipinski definition) is 1. The molecule has 0 bridgehead atoms. The molecule has 0 aliphatic carbocycles. The second-order valence-electron chi connectivity index (χ2n) is 4.10. The molecule has 1 unspecified atom stereocenters. The lowest BCUT2D eigenvalue weighted by atomic mass is 9.99. The Balaban J connectivity index is 2.41. The third-order valence-corrected chi connectivity index (χ3v) is 2.85. The molecule has 0 radical (unpaired) electrons. The lowest BCUT2D eigenvalue weighted by molar-refractivity contribution is 0.529. The van der Waals surface area contributed by atoms with Gasteiger partial charge in [-0.15, -0.1) is 0 Å². The highest BCUT2D eigenvalue weighted by Crippen LogP contribution is 2.21. The summed E-state index contributed by atoms with van der Waals surface area (Å²) in [5.74, 6) is 0. The monoisotopic (exact) mass is 215 g/mol. The highest BCUT2D eigenvalue weighted by Gasteiger charge is 2.13. The zero-order valence-electron chi connectivity index (χ0n) is 9.72. The molecule has 1 atom stereocenters. The van der Waals surface area contributed by atoms with Crippen LogP contribution in [0, 0.1) is 13.8 Å². The number of nitrogens with zero attached hydrogens (tertiary/aromatic N) is 2. The summed E-state index contributed by atoms with van der Waals surface area (Å²) < 4.78 is 1.91. The van der Waals surface area contributed by atoms with E-state index in [1.54, 1.807) is 6.20 Å². The van der Waals surface area contributed by atoms with Crippen LogP contribution < -0.4 is 5.73 Å². The fourth-order valence-electron chi connectivity index (χ4n) is 2.04. The molecule has 3 heteroatoms. The Morgan fingerprint density at radius 3 is 2.75 bits per heavy atom. The summed E-state index contributed by atoms with van der Waals surface area (Å²) in [7, 11) is 0. The molecule has 1 aromatic heterocycles. The maximum Gasteiger partial charge on any atom is 0.0893 e. The quantitative estimate of drug-likeness (QED) is 0.851. The van der Waals surface area contributed by atoms with Crippen molar-refractivity contribution in [2.24, 2.45) is 5.73 Å². The molecule has 0 saturated carbocycles. The zero-order valence-corrected chi connectivity index (χ0v) is 9.72. The van der Waals surface area contributed by atoms with Crippen molar-refractivity contribution in [3.05, 3.63) is 53.3 Å². The third-order valence-electron chi connectivity index (χ3n) is 2.85. The van der Waals surface area contributed by atoms with E-state index in [4.69, 9.17) is 5.73 Å². The van der Waals surface area contributed by atoms with Gasteiger partial charge in [-0.25, -0.2) is 0 Å².